The first-order valence-electron chi connectivity index (χ1n) is 19.2. The number of rotatable bonds is 7. The molecule has 0 aliphatic heterocycles. The van der Waals surface area contributed by atoms with Gasteiger partial charge < -0.3 is 15.5 Å². The quantitative estimate of drug-likeness (QED) is 0.271. The summed E-state index contributed by atoms with van der Waals surface area (Å²) in [5.41, 5.74) is 3.58. The maximum atomic E-state index is 14.5. The van der Waals surface area contributed by atoms with Crippen LogP contribution in [0.2, 0.25) is 0 Å². The average Bonchev–Trinajstić information content (AvgIpc) is 3.42. The van der Waals surface area contributed by atoms with Crippen molar-refractivity contribution in [1.29, 1.82) is 0 Å². The average molecular weight is 680 g/mol. The van der Waals surface area contributed by atoms with Crippen molar-refractivity contribution in [1.82, 2.24) is 5.32 Å². The van der Waals surface area contributed by atoms with E-state index in [0.29, 0.717) is 35.7 Å². The Hall–Kier alpha value is -3.41. The van der Waals surface area contributed by atoms with Gasteiger partial charge >= 0.3 is 11.9 Å². The topological polar surface area (TPSA) is 104 Å². The minimum absolute atomic E-state index is 0.0248. The van der Waals surface area contributed by atoms with Crippen LogP contribution in [0.25, 0.3) is 5.57 Å². The molecule has 4 fully saturated rings. The standard InChI is InChI=1S/C44H57NO5/c1-27-18-23-44(39(50)45-33(38(48)49)26-28-10-8-7-9-11-28)25-24-42(5)32(36(27)44)16-17-35-41(4)21-19-31(29-12-14-30(15-13-29)37(46)47)40(2,3)34(41)20-22-43(35,42)6/h7-15,19,27,32-36H,16-18,20-26H2,1-6H3,(H,45,50)(H,46,47)(H,48,49)/t27-,32-,33+,34+,35-,36-,41+,42-,43-,44+/m1/s1. The number of carboxylic acids is 2. The highest BCUT2D eigenvalue weighted by molar-refractivity contribution is 5.89. The molecule has 5 aliphatic rings. The number of hydrogen-bond donors (Lipinski definition) is 3. The van der Waals surface area contributed by atoms with Gasteiger partial charge in [0.25, 0.3) is 0 Å². The lowest BCUT2D eigenvalue weighted by Gasteiger charge is -2.72. The van der Waals surface area contributed by atoms with Gasteiger partial charge in [0.1, 0.15) is 6.04 Å². The third-order valence-corrected chi connectivity index (χ3v) is 16.1. The third kappa shape index (κ3) is 5.05. The molecule has 3 N–H and O–H groups in total. The van der Waals surface area contributed by atoms with Gasteiger partial charge in [0, 0.05) is 6.42 Å². The van der Waals surface area contributed by atoms with E-state index in [1.54, 1.807) is 12.1 Å². The number of benzene rings is 2. The van der Waals surface area contributed by atoms with E-state index in [2.05, 4.69) is 52.9 Å². The minimum atomic E-state index is -0.968. The Morgan fingerprint density at radius 2 is 1.50 bits per heavy atom. The van der Waals surface area contributed by atoms with E-state index >= 15 is 0 Å². The summed E-state index contributed by atoms with van der Waals surface area (Å²) >= 11 is 0. The Bertz CT molecular complexity index is 1700. The van der Waals surface area contributed by atoms with Crippen LogP contribution < -0.4 is 5.32 Å². The fourth-order valence-electron chi connectivity index (χ4n) is 13.6. The number of aromatic carboxylic acids is 1. The molecule has 4 saturated carbocycles. The monoisotopic (exact) mass is 679 g/mol. The van der Waals surface area contributed by atoms with E-state index in [4.69, 9.17) is 0 Å². The number of allylic oxidation sites excluding steroid dienone is 2. The van der Waals surface area contributed by atoms with Crippen LogP contribution >= 0.6 is 0 Å². The Labute approximate surface area is 298 Å². The molecule has 50 heavy (non-hydrogen) atoms. The molecule has 0 bridgehead atoms. The molecule has 0 saturated heterocycles. The molecular weight excluding hydrogens is 622 g/mol. The summed E-state index contributed by atoms with van der Waals surface area (Å²) in [7, 11) is 0. The highest BCUT2D eigenvalue weighted by Crippen LogP contribution is 2.77. The van der Waals surface area contributed by atoms with Crippen LogP contribution in [0.15, 0.2) is 60.7 Å². The zero-order valence-electron chi connectivity index (χ0n) is 30.9. The van der Waals surface area contributed by atoms with Gasteiger partial charge in [-0.05, 0) is 138 Å². The van der Waals surface area contributed by atoms with Crippen LogP contribution in [-0.2, 0) is 16.0 Å². The number of carbonyl (C=O) groups excluding carboxylic acids is 1. The molecule has 10 atom stereocenters. The van der Waals surface area contributed by atoms with Crippen molar-refractivity contribution in [2.75, 3.05) is 0 Å². The molecular formula is C44H57NO5. The second-order valence-corrected chi connectivity index (χ2v) is 18.3. The predicted molar refractivity (Wildman–Crippen MR) is 196 cm³/mol. The fourth-order valence-corrected chi connectivity index (χ4v) is 13.6. The van der Waals surface area contributed by atoms with E-state index in [9.17, 15) is 24.6 Å². The lowest BCUT2D eigenvalue weighted by Crippen LogP contribution is -2.66. The Morgan fingerprint density at radius 1 is 0.800 bits per heavy atom. The van der Waals surface area contributed by atoms with E-state index < -0.39 is 23.4 Å². The number of fused-ring (bicyclic) bond motifs is 7. The predicted octanol–water partition coefficient (Wildman–Crippen LogP) is 9.29. The molecule has 0 aromatic heterocycles. The van der Waals surface area contributed by atoms with Crippen LogP contribution in [0.4, 0.5) is 0 Å². The van der Waals surface area contributed by atoms with Crippen LogP contribution in [0.5, 0.6) is 0 Å². The molecule has 0 radical (unpaired) electrons. The van der Waals surface area contributed by atoms with E-state index in [1.807, 2.05) is 42.5 Å². The minimum Gasteiger partial charge on any atom is -0.480 e. The van der Waals surface area contributed by atoms with Gasteiger partial charge in [-0.1, -0.05) is 90.1 Å². The Morgan fingerprint density at radius 3 is 2.16 bits per heavy atom. The van der Waals surface area contributed by atoms with Crippen LogP contribution in [0, 0.1) is 56.7 Å². The molecule has 6 nitrogen and oxygen atoms in total. The largest absolute Gasteiger partial charge is 0.480 e. The van der Waals surface area contributed by atoms with Crippen molar-refractivity contribution in [2.45, 2.75) is 112 Å². The summed E-state index contributed by atoms with van der Waals surface area (Å²) in [5, 5.41) is 22.8. The van der Waals surface area contributed by atoms with Crippen LogP contribution in [0.1, 0.15) is 121 Å². The molecule has 0 heterocycles. The molecule has 0 spiro atoms. The summed E-state index contributed by atoms with van der Waals surface area (Å²) in [6.07, 6.45) is 12.2. The van der Waals surface area contributed by atoms with Crippen molar-refractivity contribution in [3.05, 3.63) is 77.4 Å². The number of amides is 1. The Balaban J connectivity index is 1.17. The molecule has 268 valence electrons. The molecule has 2 aromatic rings. The van der Waals surface area contributed by atoms with E-state index in [0.717, 1.165) is 56.1 Å². The second-order valence-electron chi connectivity index (χ2n) is 18.3. The van der Waals surface area contributed by atoms with Crippen molar-refractivity contribution >= 4 is 23.4 Å². The second kappa shape index (κ2) is 12.1. The van der Waals surface area contributed by atoms with E-state index in [1.165, 1.54) is 18.4 Å². The number of nitrogens with one attached hydrogen (secondary N) is 1. The fraction of sp³-hybridized carbons (Fsp3) is 0.614. The maximum absolute atomic E-state index is 14.5. The normalized spacial score (nSPS) is 39.1. The summed E-state index contributed by atoms with van der Waals surface area (Å²) in [6.45, 7) is 14.9. The molecule has 2 aromatic carbocycles. The summed E-state index contributed by atoms with van der Waals surface area (Å²) in [5.74, 6) is 0.337. The SMILES string of the molecule is C[C@@H]1CC[C@]2(C(=O)N[C@@H](Cc3ccccc3)C(=O)O)CC[C@]3(C)[C@H](CC[C@@H]4[C@@]5(C)CC=C(c6ccc(C(=O)O)cc6)C(C)(C)[C@@H]5CC[C@]43C)[C@@H]12. The first kappa shape index (κ1) is 35.0. The van der Waals surface area contributed by atoms with Gasteiger partial charge in [0.05, 0.1) is 11.0 Å². The lowest BCUT2D eigenvalue weighted by molar-refractivity contribution is -0.225. The summed E-state index contributed by atoms with van der Waals surface area (Å²) < 4.78 is 0. The van der Waals surface area contributed by atoms with Gasteiger partial charge in [0.2, 0.25) is 5.91 Å². The molecule has 7 rings (SSSR count). The number of carboxylic acid groups (broad SMARTS) is 2. The third-order valence-electron chi connectivity index (χ3n) is 16.1. The zero-order valence-corrected chi connectivity index (χ0v) is 30.9. The molecule has 0 unspecified atom stereocenters. The maximum Gasteiger partial charge on any atom is 0.335 e. The van der Waals surface area contributed by atoms with Crippen LogP contribution in [0.3, 0.4) is 0 Å². The summed E-state index contributed by atoms with van der Waals surface area (Å²) in [6, 6.07) is 16.2. The number of carbonyl (C=O) groups is 3. The highest BCUT2D eigenvalue weighted by atomic mass is 16.4. The van der Waals surface area contributed by atoms with Gasteiger partial charge in [0.15, 0.2) is 0 Å². The van der Waals surface area contributed by atoms with Gasteiger partial charge in [-0.25, -0.2) is 9.59 Å². The van der Waals surface area contributed by atoms with Crippen molar-refractivity contribution < 1.29 is 24.6 Å². The van der Waals surface area contributed by atoms with E-state index in [-0.39, 0.29) is 33.5 Å². The van der Waals surface area contributed by atoms with Gasteiger partial charge in [-0.15, -0.1) is 0 Å². The van der Waals surface area contributed by atoms with Crippen LogP contribution in [-0.4, -0.2) is 34.1 Å². The molecule has 6 heteroatoms. The van der Waals surface area contributed by atoms with Crippen molar-refractivity contribution in [3.8, 4) is 0 Å². The smallest absolute Gasteiger partial charge is 0.335 e. The van der Waals surface area contributed by atoms with Crippen molar-refractivity contribution in [3.63, 3.8) is 0 Å². The van der Waals surface area contributed by atoms with Gasteiger partial charge in [-0.2, -0.15) is 0 Å². The molecule has 5 aliphatic carbocycles. The number of hydrogen-bond acceptors (Lipinski definition) is 3. The Kier molecular flexibility index (Phi) is 8.47. The van der Waals surface area contributed by atoms with Gasteiger partial charge in [-0.3, -0.25) is 4.79 Å². The lowest BCUT2D eigenvalue weighted by atomic mass is 9.32. The molecule has 1 amide bonds. The first-order chi connectivity index (χ1) is 23.6. The zero-order chi connectivity index (χ0) is 35.9. The number of aliphatic carboxylic acids is 1. The highest BCUT2D eigenvalue weighted by Gasteiger charge is 2.71. The van der Waals surface area contributed by atoms with Crippen molar-refractivity contribution in [2.24, 2.45) is 56.7 Å². The summed E-state index contributed by atoms with van der Waals surface area (Å²) in [4.78, 5) is 38.5. The first-order valence-corrected chi connectivity index (χ1v) is 19.2.